The maximum Gasteiger partial charge on any atom is 0.167 e. The average molecular weight is 246 g/mol. The Morgan fingerprint density at radius 1 is 1.41 bits per heavy atom. The maximum absolute atomic E-state index is 6.12. The minimum Gasteiger partial charge on any atom is -0.250 e. The highest BCUT2D eigenvalue weighted by Crippen LogP contribution is 2.55. The van der Waals surface area contributed by atoms with E-state index in [2.05, 4.69) is 40.1 Å². The third-order valence-corrected chi connectivity index (χ3v) is 4.60. The van der Waals surface area contributed by atoms with E-state index in [1.165, 1.54) is 12.8 Å². The van der Waals surface area contributed by atoms with Crippen molar-refractivity contribution in [2.24, 2.45) is 26.3 Å². The van der Waals surface area contributed by atoms with Crippen LogP contribution in [0.15, 0.2) is 38.9 Å². The van der Waals surface area contributed by atoms with Crippen molar-refractivity contribution in [3.63, 3.8) is 0 Å². The summed E-state index contributed by atoms with van der Waals surface area (Å²) in [5.41, 5.74) is 1.67. The average Bonchev–Trinajstić information content (AvgIpc) is 2.83. The van der Waals surface area contributed by atoms with Gasteiger partial charge in [-0.1, -0.05) is 30.7 Å². The van der Waals surface area contributed by atoms with Gasteiger partial charge in [0.2, 0.25) is 0 Å². The molecule has 1 saturated carbocycles. The summed E-state index contributed by atoms with van der Waals surface area (Å²) in [5, 5.41) is 0.486. The van der Waals surface area contributed by atoms with E-state index in [-0.39, 0.29) is 0 Å². The molecule has 0 radical (unpaired) electrons. The summed E-state index contributed by atoms with van der Waals surface area (Å²) in [5.74, 6) is 0.464. The highest BCUT2D eigenvalue weighted by molar-refractivity contribution is 6.86. The van der Waals surface area contributed by atoms with Crippen LogP contribution in [0.1, 0.15) is 19.8 Å². The van der Waals surface area contributed by atoms with Crippen LogP contribution in [-0.4, -0.2) is 22.8 Å². The van der Waals surface area contributed by atoms with E-state index in [4.69, 9.17) is 11.6 Å². The lowest BCUT2D eigenvalue weighted by atomic mass is 9.79. The molecule has 3 nitrogen and oxygen atoms in total. The quantitative estimate of drug-likeness (QED) is 0.637. The number of hydrogen-bond donors (Lipinski definition) is 0. The largest absolute Gasteiger partial charge is 0.250 e. The van der Waals surface area contributed by atoms with Crippen LogP contribution in [-0.2, 0) is 0 Å². The summed E-state index contributed by atoms with van der Waals surface area (Å²) in [4.78, 5) is 13.1. The zero-order chi connectivity index (χ0) is 11.7. The first-order chi connectivity index (χ1) is 8.14. The van der Waals surface area contributed by atoms with Crippen LogP contribution < -0.4 is 0 Å². The lowest BCUT2D eigenvalue weighted by Gasteiger charge is -2.27. The van der Waals surface area contributed by atoms with E-state index in [9.17, 15) is 0 Å². The molecule has 0 N–H and O–H groups in total. The first-order valence-electron chi connectivity index (χ1n) is 5.92. The minimum atomic E-state index is -0.487. The molecule has 86 valence electrons. The van der Waals surface area contributed by atoms with Crippen molar-refractivity contribution in [3.8, 4) is 0 Å². The lowest BCUT2D eigenvalue weighted by Crippen LogP contribution is -2.34. The molecule has 2 heterocycles. The molecule has 0 bridgehead atoms. The number of rotatable bonds is 1. The molecule has 0 saturated heterocycles. The summed E-state index contributed by atoms with van der Waals surface area (Å²) in [6.07, 6.45) is 10.8. The SMILES string of the molecule is CC1(C2C=CC34N=CN=C3C(Cl)=NC4=C2)CC1. The predicted octanol–water partition coefficient (Wildman–Crippen LogP) is 2.73. The van der Waals surface area contributed by atoms with Gasteiger partial charge in [0.15, 0.2) is 10.7 Å². The molecule has 0 amide bonds. The molecule has 2 unspecified atom stereocenters. The van der Waals surface area contributed by atoms with Gasteiger partial charge < -0.3 is 0 Å². The predicted molar refractivity (Wildman–Crippen MR) is 70.0 cm³/mol. The van der Waals surface area contributed by atoms with Crippen LogP contribution in [0.25, 0.3) is 0 Å². The fraction of sp³-hybridized carbons (Fsp3) is 0.462. The van der Waals surface area contributed by atoms with E-state index < -0.39 is 5.54 Å². The van der Waals surface area contributed by atoms with E-state index in [0.717, 1.165) is 11.4 Å². The molecule has 4 heteroatoms. The van der Waals surface area contributed by atoms with E-state index in [0.29, 0.717) is 16.5 Å². The van der Waals surface area contributed by atoms with Gasteiger partial charge in [0.05, 0.1) is 5.70 Å². The summed E-state index contributed by atoms with van der Waals surface area (Å²) in [7, 11) is 0. The van der Waals surface area contributed by atoms with Crippen molar-refractivity contribution in [1.82, 2.24) is 0 Å². The molecule has 0 aromatic heterocycles. The molecule has 1 spiro atoms. The number of aliphatic imine (C=N–C) groups is 3. The first kappa shape index (κ1) is 9.77. The van der Waals surface area contributed by atoms with Gasteiger partial charge in [-0.25, -0.2) is 15.0 Å². The fourth-order valence-electron chi connectivity index (χ4n) is 2.78. The topological polar surface area (TPSA) is 37.1 Å². The lowest BCUT2D eigenvalue weighted by molar-refractivity contribution is 0.468. The Morgan fingerprint density at radius 3 is 3.00 bits per heavy atom. The second kappa shape index (κ2) is 2.78. The van der Waals surface area contributed by atoms with Gasteiger partial charge in [0.1, 0.15) is 12.1 Å². The van der Waals surface area contributed by atoms with Gasteiger partial charge in [0.25, 0.3) is 0 Å². The zero-order valence-corrected chi connectivity index (χ0v) is 10.3. The maximum atomic E-state index is 6.12. The van der Waals surface area contributed by atoms with Crippen molar-refractivity contribution in [1.29, 1.82) is 0 Å². The van der Waals surface area contributed by atoms with Gasteiger partial charge in [-0.2, -0.15) is 0 Å². The monoisotopic (exact) mass is 245 g/mol. The van der Waals surface area contributed by atoms with Gasteiger partial charge in [-0.3, -0.25) is 0 Å². The molecule has 17 heavy (non-hydrogen) atoms. The number of allylic oxidation sites excluding steroid dienone is 2. The Kier molecular flexibility index (Phi) is 1.60. The summed E-state index contributed by atoms with van der Waals surface area (Å²) < 4.78 is 0. The van der Waals surface area contributed by atoms with Crippen molar-refractivity contribution in [2.45, 2.75) is 25.3 Å². The molecular formula is C13H12ClN3. The molecule has 2 aliphatic heterocycles. The van der Waals surface area contributed by atoms with Gasteiger partial charge in [0, 0.05) is 5.92 Å². The third-order valence-electron chi connectivity index (χ3n) is 4.34. The van der Waals surface area contributed by atoms with E-state index >= 15 is 0 Å². The molecule has 1 fully saturated rings. The van der Waals surface area contributed by atoms with Crippen LogP contribution in [0.3, 0.4) is 0 Å². The van der Waals surface area contributed by atoms with Crippen LogP contribution >= 0.6 is 11.6 Å². The molecule has 4 rings (SSSR count). The van der Waals surface area contributed by atoms with Gasteiger partial charge in [-0.05, 0) is 24.3 Å². The zero-order valence-electron chi connectivity index (χ0n) is 9.52. The Labute approximate surface area is 105 Å². The standard InChI is InChI=1S/C13H12ClN3/c1-12(4-5-12)8-2-3-13-9(6-8)17-11(14)10(13)15-7-16-13/h2-3,6-8H,4-5H2,1H3. The van der Waals surface area contributed by atoms with Crippen molar-refractivity contribution in [2.75, 3.05) is 0 Å². The van der Waals surface area contributed by atoms with Crippen molar-refractivity contribution in [3.05, 3.63) is 23.9 Å². The van der Waals surface area contributed by atoms with Crippen LogP contribution in [0.2, 0.25) is 0 Å². The van der Waals surface area contributed by atoms with E-state index in [1.54, 1.807) is 6.34 Å². The van der Waals surface area contributed by atoms with Crippen LogP contribution in [0.5, 0.6) is 0 Å². The van der Waals surface area contributed by atoms with Crippen LogP contribution in [0.4, 0.5) is 0 Å². The highest BCUT2D eigenvalue weighted by Gasteiger charge is 2.51. The second-order valence-corrected chi connectivity index (χ2v) is 5.84. The number of halogens is 1. The fourth-order valence-corrected chi connectivity index (χ4v) is 3.07. The Hall–Kier alpha value is -1.22. The smallest absolute Gasteiger partial charge is 0.167 e. The Balaban J connectivity index is 1.83. The first-order valence-corrected chi connectivity index (χ1v) is 6.30. The Morgan fingerprint density at radius 2 is 2.24 bits per heavy atom. The molecule has 2 atom stereocenters. The molecular weight excluding hydrogens is 234 g/mol. The normalized spacial score (nSPS) is 39.4. The number of hydrogen-bond acceptors (Lipinski definition) is 3. The van der Waals surface area contributed by atoms with Gasteiger partial charge in [-0.15, -0.1) is 0 Å². The minimum absolute atomic E-state index is 0.426. The number of nitrogens with zero attached hydrogens (tertiary/aromatic N) is 3. The Bertz CT molecular complexity index is 563. The summed E-state index contributed by atoms with van der Waals surface area (Å²) >= 11 is 6.12. The summed E-state index contributed by atoms with van der Waals surface area (Å²) in [6, 6.07) is 0. The highest BCUT2D eigenvalue weighted by atomic mass is 35.5. The summed E-state index contributed by atoms with van der Waals surface area (Å²) in [6.45, 7) is 2.32. The second-order valence-electron chi connectivity index (χ2n) is 5.48. The van der Waals surface area contributed by atoms with Crippen molar-refractivity contribution >= 4 is 28.8 Å². The molecule has 4 aliphatic rings. The molecule has 0 aromatic rings. The van der Waals surface area contributed by atoms with E-state index in [1.807, 2.05) is 0 Å². The van der Waals surface area contributed by atoms with Gasteiger partial charge >= 0.3 is 0 Å². The van der Waals surface area contributed by atoms with Crippen molar-refractivity contribution < 1.29 is 0 Å². The molecule has 0 aromatic carbocycles. The molecule has 2 aliphatic carbocycles. The third kappa shape index (κ3) is 1.10. The van der Waals surface area contributed by atoms with Crippen LogP contribution in [0, 0.1) is 11.3 Å².